The SMILES string of the molecule is O=c1c2sccc2ncn1CCNC1CCS(=O)(=O)C1. The molecule has 1 unspecified atom stereocenters. The van der Waals surface area contributed by atoms with Crippen molar-refractivity contribution in [2.75, 3.05) is 18.1 Å². The Morgan fingerprint density at radius 2 is 2.35 bits per heavy atom. The molecule has 0 aliphatic carbocycles. The van der Waals surface area contributed by atoms with Crippen molar-refractivity contribution < 1.29 is 8.42 Å². The fraction of sp³-hybridized carbons (Fsp3) is 0.500. The molecule has 1 atom stereocenters. The van der Waals surface area contributed by atoms with Crippen LogP contribution >= 0.6 is 11.3 Å². The highest BCUT2D eigenvalue weighted by Gasteiger charge is 2.27. The third-order valence-corrected chi connectivity index (χ3v) is 6.11. The largest absolute Gasteiger partial charge is 0.311 e. The summed E-state index contributed by atoms with van der Waals surface area (Å²) in [7, 11) is -2.86. The Hall–Kier alpha value is -1.25. The van der Waals surface area contributed by atoms with E-state index in [0.717, 1.165) is 5.52 Å². The Labute approximate surface area is 120 Å². The van der Waals surface area contributed by atoms with Crippen LogP contribution in [0.5, 0.6) is 0 Å². The van der Waals surface area contributed by atoms with Gasteiger partial charge in [-0.05, 0) is 17.9 Å². The van der Waals surface area contributed by atoms with Gasteiger partial charge in [-0.25, -0.2) is 13.4 Å². The molecule has 8 heteroatoms. The summed E-state index contributed by atoms with van der Waals surface area (Å²) in [6.07, 6.45) is 2.20. The fourth-order valence-corrected chi connectivity index (χ4v) is 4.88. The van der Waals surface area contributed by atoms with Gasteiger partial charge < -0.3 is 5.32 Å². The Morgan fingerprint density at radius 3 is 3.10 bits per heavy atom. The zero-order valence-corrected chi connectivity index (χ0v) is 12.4. The van der Waals surface area contributed by atoms with E-state index in [0.29, 0.717) is 24.2 Å². The molecule has 3 rings (SSSR count). The first kappa shape index (κ1) is 13.7. The summed E-state index contributed by atoms with van der Waals surface area (Å²) in [4.78, 5) is 16.4. The van der Waals surface area contributed by atoms with Crippen molar-refractivity contribution in [1.29, 1.82) is 0 Å². The van der Waals surface area contributed by atoms with Crippen LogP contribution in [-0.2, 0) is 16.4 Å². The summed E-state index contributed by atoms with van der Waals surface area (Å²) >= 11 is 1.39. The predicted octanol–water partition coefficient (Wildman–Crippen LogP) is 0.235. The van der Waals surface area contributed by atoms with Crippen LogP contribution in [0.25, 0.3) is 10.2 Å². The highest BCUT2D eigenvalue weighted by molar-refractivity contribution is 7.91. The van der Waals surface area contributed by atoms with Gasteiger partial charge in [-0.3, -0.25) is 9.36 Å². The van der Waals surface area contributed by atoms with Crippen LogP contribution in [0.2, 0.25) is 0 Å². The van der Waals surface area contributed by atoms with E-state index in [1.54, 1.807) is 10.9 Å². The van der Waals surface area contributed by atoms with Crippen LogP contribution in [0.3, 0.4) is 0 Å². The number of aromatic nitrogens is 2. The number of nitrogens with one attached hydrogen (secondary N) is 1. The second-order valence-corrected chi connectivity index (χ2v) is 8.08. The van der Waals surface area contributed by atoms with Gasteiger partial charge in [-0.15, -0.1) is 11.3 Å². The third kappa shape index (κ3) is 2.77. The average molecular weight is 313 g/mol. The third-order valence-electron chi connectivity index (χ3n) is 3.45. The first-order valence-corrected chi connectivity index (χ1v) is 9.12. The summed E-state index contributed by atoms with van der Waals surface area (Å²) in [5.41, 5.74) is 0.692. The molecule has 1 N–H and O–H groups in total. The lowest BCUT2D eigenvalue weighted by Crippen LogP contribution is -2.34. The standard InChI is InChI=1S/C12H15N3O3S2/c16-12-11-10(1-5-19-11)14-8-15(12)4-3-13-9-2-6-20(17,18)7-9/h1,5,8-9,13H,2-4,6-7H2. The van der Waals surface area contributed by atoms with Gasteiger partial charge in [-0.2, -0.15) is 0 Å². The maximum Gasteiger partial charge on any atom is 0.271 e. The van der Waals surface area contributed by atoms with Crippen LogP contribution in [-0.4, -0.2) is 42.1 Å². The van der Waals surface area contributed by atoms with E-state index in [1.165, 1.54) is 11.3 Å². The summed E-state index contributed by atoms with van der Waals surface area (Å²) in [6.45, 7) is 1.06. The van der Waals surface area contributed by atoms with Gasteiger partial charge in [0, 0.05) is 19.1 Å². The van der Waals surface area contributed by atoms with E-state index >= 15 is 0 Å². The molecule has 0 bridgehead atoms. The molecule has 0 saturated carbocycles. The summed E-state index contributed by atoms with van der Waals surface area (Å²) < 4.78 is 24.9. The predicted molar refractivity (Wildman–Crippen MR) is 78.9 cm³/mol. The normalized spacial score (nSPS) is 21.5. The Morgan fingerprint density at radius 1 is 1.50 bits per heavy atom. The molecule has 0 radical (unpaired) electrons. The minimum absolute atomic E-state index is 0.00845. The summed E-state index contributed by atoms with van der Waals surface area (Å²) in [5, 5.41) is 5.04. The first-order valence-electron chi connectivity index (χ1n) is 6.42. The molecule has 1 aliphatic rings. The lowest BCUT2D eigenvalue weighted by Gasteiger charge is -2.11. The van der Waals surface area contributed by atoms with Crippen LogP contribution < -0.4 is 10.9 Å². The molecule has 2 aromatic heterocycles. The van der Waals surface area contributed by atoms with Gasteiger partial charge in [0.25, 0.3) is 5.56 Å². The Bertz CT molecular complexity index is 779. The molecule has 0 amide bonds. The van der Waals surface area contributed by atoms with Crippen LogP contribution in [0.15, 0.2) is 22.6 Å². The molecular formula is C12H15N3O3S2. The second kappa shape index (κ2) is 5.27. The van der Waals surface area contributed by atoms with E-state index < -0.39 is 9.84 Å². The Balaban J connectivity index is 1.63. The Kier molecular flexibility index (Phi) is 3.61. The number of nitrogens with zero attached hydrogens (tertiary/aromatic N) is 2. The van der Waals surface area contributed by atoms with E-state index in [4.69, 9.17) is 0 Å². The molecule has 3 heterocycles. The first-order chi connectivity index (χ1) is 9.55. The smallest absolute Gasteiger partial charge is 0.271 e. The van der Waals surface area contributed by atoms with Crippen molar-refractivity contribution in [3.63, 3.8) is 0 Å². The van der Waals surface area contributed by atoms with Crippen LogP contribution in [0.1, 0.15) is 6.42 Å². The van der Waals surface area contributed by atoms with Gasteiger partial charge >= 0.3 is 0 Å². The van der Waals surface area contributed by atoms with Crippen molar-refractivity contribution in [2.45, 2.75) is 19.0 Å². The zero-order chi connectivity index (χ0) is 14.2. The van der Waals surface area contributed by atoms with E-state index in [1.807, 2.05) is 11.4 Å². The summed E-state index contributed by atoms with van der Waals surface area (Å²) in [5.74, 6) is 0.456. The van der Waals surface area contributed by atoms with Crippen molar-refractivity contribution in [3.8, 4) is 0 Å². The summed E-state index contributed by atoms with van der Waals surface area (Å²) in [6, 6.07) is 1.84. The number of hydrogen-bond acceptors (Lipinski definition) is 6. The number of thiophene rings is 1. The van der Waals surface area contributed by atoms with Gasteiger partial charge in [0.15, 0.2) is 9.84 Å². The molecule has 0 spiro atoms. The minimum Gasteiger partial charge on any atom is -0.311 e. The van der Waals surface area contributed by atoms with Gasteiger partial charge in [0.05, 0.1) is 23.3 Å². The molecule has 108 valence electrons. The monoisotopic (exact) mass is 313 g/mol. The molecule has 1 saturated heterocycles. The van der Waals surface area contributed by atoms with Gasteiger partial charge in [0.1, 0.15) is 4.70 Å². The lowest BCUT2D eigenvalue weighted by molar-refractivity contribution is 0.513. The second-order valence-electron chi connectivity index (χ2n) is 4.93. The number of fused-ring (bicyclic) bond motifs is 1. The van der Waals surface area contributed by atoms with Gasteiger partial charge in [-0.1, -0.05) is 0 Å². The van der Waals surface area contributed by atoms with Crippen molar-refractivity contribution in [1.82, 2.24) is 14.9 Å². The van der Waals surface area contributed by atoms with Crippen LogP contribution in [0, 0.1) is 0 Å². The maximum atomic E-state index is 12.1. The zero-order valence-electron chi connectivity index (χ0n) is 10.8. The molecule has 1 fully saturated rings. The maximum absolute atomic E-state index is 12.1. The van der Waals surface area contributed by atoms with Crippen LogP contribution in [0.4, 0.5) is 0 Å². The quantitative estimate of drug-likeness (QED) is 0.874. The molecule has 6 nitrogen and oxygen atoms in total. The van der Waals surface area contributed by atoms with E-state index in [2.05, 4.69) is 10.3 Å². The molecule has 0 aromatic carbocycles. The fourth-order valence-electron chi connectivity index (χ4n) is 2.38. The minimum atomic E-state index is -2.86. The number of hydrogen-bond donors (Lipinski definition) is 1. The van der Waals surface area contributed by atoms with Crippen molar-refractivity contribution >= 4 is 31.4 Å². The van der Waals surface area contributed by atoms with E-state index in [9.17, 15) is 13.2 Å². The lowest BCUT2D eigenvalue weighted by atomic mass is 10.2. The molecule has 20 heavy (non-hydrogen) atoms. The highest BCUT2D eigenvalue weighted by Crippen LogP contribution is 2.13. The van der Waals surface area contributed by atoms with Crippen molar-refractivity contribution in [2.24, 2.45) is 0 Å². The molecule has 2 aromatic rings. The number of sulfone groups is 1. The highest BCUT2D eigenvalue weighted by atomic mass is 32.2. The molecule has 1 aliphatic heterocycles. The average Bonchev–Trinajstić information content (AvgIpc) is 2.99. The van der Waals surface area contributed by atoms with E-state index in [-0.39, 0.29) is 23.1 Å². The number of rotatable bonds is 4. The topological polar surface area (TPSA) is 81.1 Å². The van der Waals surface area contributed by atoms with Crippen molar-refractivity contribution in [3.05, 3.63) is 28.1 Å². The molecular weight excluding hydrogens is 298 g/mol. The van der Waals surface area contributed by atoms with Gasteiger partial charge in [0.2, 0.25) is 0 Å².